The van der Waals surface area contributed by atoms with E-state index in [0.29, 0.717) is 11.3 Å². The average molecular weight is 230 g/mol. The van der Waals surface area contributed by atoms with Gasteiger partial charge in [-0.25, -0.2) is 0 Å². The topological polar surface area (TPSA) is 29.5 Å². The van der Waals surface area contributed by atoms with Crippen molar-refractivity contribution in [3.05, 3.63) is 29.3 Å². The molecule has 2 fully saturated rings. The minimum atomic E-state index is 0.0366. The highest BCUT2D eigenvalue weighted by molar-refractivity contribution is 5.51. The van der Waals surface area contributed by atoms with Crippen LogP contribution >= 0.6 is 0 Å². The van der Waals surface area contributed by atoms with Gasteiger partial charge in [0.15, 0.2) is 0 Å². The van der Waals surface area contributed by atoms with E-state index in [4.69, 9.17) is 4.74 Å². The van der Waals surface area contributed by atoms with E-state index < -0.39 is 0 Å². The van der Waals surface area contributed by atoms with Gasteiger partial charge in [0.2, 0.25) is 0 Å². The molecule has 2 nitrogen and oxygen atoms in total. The van der Waals surface area contributed by atoms with Crippen molar-refractivity contribution in [1.82, 2.24) is 0 Å². The van der Waals surface area contributed by atoms with Crippen LogP contribution in [-0.4, -0.2) is 18.3 Å². The van der Waals surface area contributed by atoms with Gasteiger partial charge in [-0.3, -0.25) is 0 Å². The molecule has 0 bridgehead atoms. The second kappa shape index (κ2) is 2.86. The SMILES string of the molecule is CC1(c2ccc3c(c2)C2(CO)CC2CO3)CC1. The standard InChI is InChI=1S/C15H18O2/c1-14(4-5-14)10-2-3-13-12(6-10)15(9-16)7-11(15)8-17-13/h2-3,6,11,16H,4-5,7-9H2,1H3. The van der Waals surface area contributed by atoms with Crippen LogP contribution in [0, 0.1) is 5.92 Å². The number of hydrogen-bond acceptors (Lipinski definition) is 2. The lowest BCUT2D eigenvalue weighted by Crippen LogP contribution is -2.25. The van der Waals surface area contributed by atoms with Crippen molar-refractivity contribution in [3.63, 3.8) is 0 Å². The van der Waals surface area contributed by atoms with Gasteiger partial charge in [0, 0.05) is 16.9 Å². The van der Waals surface area contributed by atoms with Crippen molar-refractivity contribution in [2.24, 2.45) is 5.92 Å². The Labute approximate surface area is 102 Å². The molecule has 2 saturated carbocycles. The fraction of sp³-hybridized carbons (Fsp3) is 0.600. The first-order chi connectivity index (χ1) is 8.18. The van der Waals surface area contributed by atoms with Crippen LogP contribution in [-0.2, 0) is 10.8 Å². The molecule has 0 saturated heterocycles. The van der Waals surface area contributed by atoms with Crippen LogP contribution in [0.4, 0.5) is 0 Å². The molecule has 0 spiro atoms. The Morgan fingerprint density at radius 3 is 2.94 bits per heavy atom. The van der Waals surface area contributed by atoms with Gasteiger partial charge in [-0.1, -0.05) is 19.1 Å². The minimum Gasteiger partial charge on any atom is -0.493 e. The minimum absolute atomic E-state index is 0.0366. The number of fused-ring (bicyclic) bond motifs is 3. The summed E-state index contributed by atoms with van der Waals surface area (Å²) in [5.41, 5.74) is 3.13. The normalized spacial score (nSPS) is 35.5. The fourth-order valence-electron chi connectivity index (χ4n) is 3.29. The van der Waals surface area contributed by atoms with Crippen LogP contribution in [0.5, 0.6) is 5.75 Å². The number of aliphatic hydroxyl groups excluding tert-OH is 1. The summed E-state index contributed by atoms with van der Waals surface area (Å²) in [5.74, 6) is 1.54. The maximum Gasteiger partial charge on any atom is 0.123 e. The van der Waals surface area contributed by atoms with Crippen molar-refractivity contribution in [1.29, 1.82) is 0 Å². The fourth-order valence-corrected chi connectivity index (χ4v) is 3.29. The zero-order chi connectivity index (χ0) is 11.7. The molecular weight excluding hydrogens is 212 g/mol. The molecule has 2 heteroatoms. The molecule has 0 aromatic heterocycles. The quantitative estimate of drug-likeness (QED) is 0.845. The molecule has 2 atom stereocenters. The molecule has 1 aromatic carbocycles. The molecule has 1 N–H and O–H groups in total. The van der Waals surface area contributed by atoms with E-state index in [1.807, 2.05) is 0 Å². The monoisotopic (exact) mass is 230 g/mol. The smallest absolute Gasteiger partial charge is 0.123 e. The largest absolute Gasteiger partial charge is 0.493 e. The van der Waals surface area contributed by atoms with E-state index in [-0.39, 0.29) is 12.0 Å². The van der Waals surface area contributed by atoms with Gasteiger partial charge >= 0.3 is 0 Å². The van der Waals surface area contributed by atoms with Crippen LogP contribution in [0.2, 0.25) is 0 Å². The lowest BCUT2D eigenvalue weighted by atomic mass is 9.87. The lowest BCUT2D eigenvalue weighted by Gasteiger charge is -2.26. The van der Waals surface area contributed by atoms with Gasteiger partial charge in [-0.15, -0.1) is 0 Å². The molecule has 90 valence electrons. The van der Waals surface area contributed by atoms with Crippen molar-refractivity contribution in [3.8, 4) is 5.75 Å². The second-order valence-corrected chi connectivity index (χ2v) is 6.30. The number of aliphatic hydroxyl groups is 1. The van der Waals surface area contributed by atoms with Crippen molar-refractivity contribution < 1.29 is 9.84 Å². The highest BCUT2D eigenvalue weighted by Gasteiger charge is 2.59. The Kier molecular flexibility index (Phi) is 1.68. The molecule has 0 amide bonds. The zero-order valence-corrected chi connectivity index (χ0v) is 10.2. The summed E-state index contributed by atoms with van der Waals surface area (Å²) in [7, 11) is 0. The first-order valence-electron chi connectivity index (χ1n) is 6.57. The first kappa shape index (κ1) is 9.95. The predicted molar refractivity (Wildman–Crippen MR) is 65.4 cm³/mol. The van der Waals surface area contributed by atoms with Gasteiger partial charge in [0.05, 0.1) is 13.2 Å². The van der Waals surface area contributed by atoms with E-state index in [2.05, 4.69) is 25.1 Å². The van der Waals surface area contributed by atoms with Crippen LogP contribution in [0.1, 0.15) is 37.3 Å². The molecule has 2 unspecified atom stereocenters. The third-order valence-corrected chi connectivity index (χ3v) is 5.17. The number of benzene rings is 1. The highest BCUT2D eigenvalue weighted by atomic mass is 16.5. The molecule has 1 aromatic rings. The summed E-state index contributed by atoms with van der Waals surface area (Å²) in [6, 6.07) is 6.62. The molecule has 4 rings (SSSR count). The number of hydrogen-bond donors (Lipinski definition) is 1. The van der Waals surface area contributed by atoms with E-state index >= 15 is 0 Å². The van der Waals surface area contributed by atoms with E-state index in [9.17, 15) is 5.11 Å². The Balaban J connectivity index is 1.84. The molecule has 1 aliphatic heterocycles. The van der Waals surface area contributed by atoms with E-state index in [1.165, 1.54) is 24.0 Å². The summed E-state index contributed by atoms with van der Waals surface area (Å²) < 4.78 is 5.78. The van der Waals surface area contributed by atoms with Gasteiger partial charge in [0.25, 0.3) is 0 Å². The lowest BCUT2D eigenvalue weighted by molar-refractivity contribution is 0.197. The Hall–Kier alpha value is -1.02. The number of ether oxygens (including phenoxy) is 1. The maximum absolute atomic E-state index is 9.69. The molecule has 0 radical (unpaired) electrons. The van der Waals surface area contributed by atoms with Gasteiger partial charge in [0.1, 0.15) is 5.75 Å². The molecule has 1 heterocycles. The first-order valence-corrected chi connectivity index (χ1v) is 6.57. The van der Waals surface area contributed by atoms with Crippen LogP contribution in [0.3, 0.4) is 0 Å². The Bertz CT molecular complexity index is 490. The molecule has 3 aliphatic rings. The summed E-state index contributed by atoms with van der Waals surface area (Å²) in [6.45, 7) is 3.38. The maximum atomic E-state index is 9.69. The third-order valence-electron chi connectivity index (χ3n) is 5.17. The Morgan fingerprint density at radius 2 is 2.24 bits per heavy atom. The van der Waals surface area contributed by atoms with Gasteiger partial charge in [-0.2, -0.15) is 0 Å². The molecule has 17 heavy (non-hydrogen) atoms. The average Bonchev–Trinajstić information content (AvgIpc) is 3.24. The summed E-state index contributed by atoms with van der Waals surface area (Å²) in [6.07, 6.45) is 3.68. The molecule has 2 aliphatic carbocycles. The summed E-state index contributed by atoms with van der Waals surface area (Å²) in [5, 5.41) is 9.69. The van der Waals surface area contributed by atoms with Gasteiger partial charge in [-0.05, 0) is 36.3 Å². The predicted octanol–water partition coefficient (Wildman–Crippen LogP) is 2.38. The van der Waals surface area contributed by atoms with Gasteiger partial charge < -0.3 is 9.84 Å². The van der Waals surface area contributed by atoms with Crippen molar-refractivity contribution >= 4 is 0 Å². The van der Waals surface area contributed by atoms with Crippen LogP contribution < -0.4 is 4.74 Å². The van der Waals surface area contributed by atoms with E-state index in [1.54, 1.807) is 0 Å². The highest BCUT2D eigenvalue weighted by Crippen LogP contribution is 2.60. The van der Waals surface area contributed by atoms with E-state index in [0.717, 1.165) is 18.8 Å². The van der Waals surface area contributed by atoms with Crippen molar-refractivity contribution in [2.45, 2.75) is 37.0 Å². The Morgan fingerprint density at radius 1 is 1.41 bits per heavy atom. The van der Waals surface area contributed by atoms with Crippen LogP contribution in [0.25, 0.3) is 0 Å². The van der Waals surface area contributed by atoms with Crippen LogP contribution in [0.15, 0.2) is 18.2 Å². The number of rotatable bonds is 2. The third kappa shape index (κ3) is 1.19. The van der Waals surface area contributed by atoms with Crippen molar-refractivity contribution in [2.75, 3.05) is 13.2 Å². The molecular formula is C15H18O2. The zero-order valence-electron chi connectivity index (χ0n) is 10.2. The summed E-state index contributed by atoms with van der Waals surface area (Å²) >= 11 is 0. The summed E-state index contributed by atoms with van der Waals surface area (Å²) in [4.78, 5) is 0. The second-order valence-electron chi connectivity index (χ2n) is 6.30.